The van der Waals surface area contributed by atoms with Crippen LogP contribution in [0.1, 0.15) is 31.2 Å². The first-order chi connectivity index (χ1) is 8.76. The zero-order valence-electron chi connectivity index (χ0n) is 10.4. The fourth-order valence-electron chi connectivity index (χ4n) is 2.36. The Morgan fingerprint density at radius 3 is 2.28 bits per heavy atom. The van der Waals surface area contributed by atoms with Gasteiger partial charge in [-0.1, -0.05) is 15.9 Å². The molecule has 0 unspecified atom stereocenters. The summed E-state index contributed by atoms with van der Waals surface area (Å²) in [7, 11) is 0. The van der Waals surface area contributed by atoms with E-state index in [1.165, 1.54) is 25.7 Å². The molecule has 0 aliphatic heterocycles. The van der Waals surface area contributed by atoms with E-state index in [1.807, 2.05) is 12.1 Å². The van der Waals surface area contributed by atoms with Crippen LogP contribution in [0.4, 0.5) is 5.69 Å². The largest absolute Gasteiger partial charge is 0.370 e. The minimum absolute atomic E-state index is 0.805. The van der Waals surface area contributed by atoms with Crippen LogP contribution in [0.15, 0.2) is 22.7 Å². The van der Waals surface area contributed by atoms with Gasteiger partial charge in [0.15, 0.2) is 0 Å². The maximum Gasteiger partial charge on any atom is 0.101 e. The van der Waals surface area contributed by atoms with Crippen molar-refractivity contribution in [2.24, 2.45) is 11.8 Å². The molecule has 3 rings (SSSR count). The number of nitriles is 1. The molecule has 2 aliphatic rings. The molecular weight excluding hydrogens is 288 g/mol. The molecule has 18 heavy (non-hydrogen) atoms. The third-order valence-corrected chi connectivity index (χ3v) is 4.27. The zero-order chi connectivity index (χ0) is 12.5. The van der Waals surface area contributed by atoms with Gasteiger partial charge in [0.05, 0.1) is 11.3 Å². The first-order valence-corrected chi connectivity index (χ1v) is 7.50. The topological polar surface area (TPSA) is 27.0 Å². The lowest BCUT2D eigenvalue weighted by molar-refractivity contribution is 0.679. The Balaban J connectivity index is 1.86. The van der Waals surface area contributed by atoms with Gasteiger partial charge in [-0.3, -0.25) is 0 Å². The second-order valence-electron chi connectivity index (χ2n) is 5.57. The van der Waals surface area contributed by atoms with Crippen molar-refractivity contribution >= 4 is 21.6 Å². The molecule has 0 N–H and O–H groups in total. The third-order valence-electron chi connectivity index (χ3n) is 3.77. The van der Waals surface area contributed by atoms with Crippen molar-refractivity contribution in [2.45, 2.75) is 25.7 Å². The van der Waals surface area contributed by atoms with Crippen LogP contribution in [-0.2, 0) is 0 Å². The molecule has 2 aliphatic carbocycles. The van der Waals surface area contributed by atoms with Gasteiger partial charge in [0.2, 0.25) is 0 Å². The molecule has 0 amide bonds. The molecule has 94 valence electrons. The Hall–Kier alpha value is -1.01. The summed E-state index contributed by atoms with van der Waals surface area (Å²) in [5.41, 5.74) is 1.92. The van der Waals surface area contributed by atoms with Crippen LogP contribution in [0.5, 0.6) is 0 Å². The van der Waals surface area contributed by atoms with Gasteiger partial charge in [-0.15, -0.1) is 0 Å². The van der Waals surface area contributed by atoms with Gasteiger partial charge in [-0.25, -0.2) is 0 Å². The van der Waals surface area contributed by atoms with Gasteiger partial charge in [-0.2, -0.15) is 5.26 Å². The molecule has 3 heteroatoms. The number of halogens is 1. The second-order valence-corrected chi connectivity index (χ2v) is 6.48. The molecule has 0 heterocycles. The van der Waals surface area contributed by atoms with Crippen molar-refractivity contribution in [1.29, 1.82) is 5.26 Å². The molecule has 0 atom stereocenters. The Bertz CT molecular complexity index is 470. The summed E-state index contributed by atoms with van der Waals surface area (Å²) >= 11 is 3.52. The SMILES string of the molecule is N#Cc1ccc(Br)cc1N(CC1CC1)CC1CC1. The summed E-state index contributed by atoms with van der Waals surface area (Å²) < 4.78 is 1.06. The lowest BCUT2D eigenvalue weighted by atomic mass is 10.1. The minimum atomic E-state index is 0.805. The van der Waals surface area contributed by atoms with Gasteiger partial charge in [0.25, 0.3) is 0 Å². The molecule has 0 bridgehead atoms. The lowest BCUT2D eigenvalue weighted by Gasteiger charge is -2.26. The average Bonchev–Trinajstić information content (AvgIpc) is 3.23. The van der Waals surface area contributed by atoms with E-state index in [9.17, 15) is 5.26 Å². The van der Waals surface area contributed by atoms with Crippen molar-refractivity contribution in [1.82, 2.24) is 0 Å². The lowest BCUT2D eigenvalue weighted by Crippen LogP contribution is -2.28. The Kier molecular flexibility index (Phi) is 3.30. The Labute approximate surface area is 117 Å². The van der Waals surface area contributed by atoms with Gasteiger partial charge < -0.3 is 4.90 Å². The monoisotopic (exact) mass is 304 g/mol. The molecule has 0 saturated heterocycles. The summed E-state index contributed by atoms with van der Waals surface area (Å²) in [5, 5.41) is 9.27. The average molecular weight is 305 g/mol. The highest BCUT2D eigenvalue weighted by atomic mass is 79.9. The number of rotatable bonds is 5. The van der Waals surface area contributed by atoms with Crippen molar-refractivity contribution in [3.63, 3.8) is 0 Å². The normalized spacial score (nSPS) is 18.4. The third kappa shape index (κ3) is 2.87. The molecule has 1 aromatic carbocycles. The standard InChI is InChI=1S/C15H17BrN2/c16-14-6-5-13(8-17)15(7-14)18(9-11-1-2-11)10-12-3-4-12/h5-7,11-12H,1-4,9-10H2. The van der Waals surface area contributed by atoms with Crippen LogP contribution in [-0.4, -0.2) is 13.1 Å². The highest BCUT2D eigenvalue weighted by Gasteiger charge is 2.30. The van der Waals surface area contributed by atoms with Crippen LogP contribution < -0.4 is 4.90 Å². The van der Waals surface area contributed by atoms with E-state index in [0.717, 1.165) is 40.6 Å². The van der Waals surface area contributed by atoms with Crippen LogP contribution >= 0.6 is 15.9 Å². The van der Waals surface area contributed by atoms with Crippen molar-refractivity contribution in [3.8, 4) is 6.07 Å². The number of hydrogen-bond donors (Lipinski definition) is 0. The summed E-state index contributed by atoms with van der Waals surface area (Å²) in [5.74, 6) is 1.71. The van der Waals surface area contributed by atoms with E-state index in [2.05, 4.69) is 33.0 Å². The Morgan fingerprint density at radius 1 is 1.17 bits per heavy atom. The fraction of sp³-hybridized carbons (Fsp3) is 0.533. The molecule has 2 nitrogen and oxygen atoms in total. The molecule has 1 aromatic rings. The minimum Gasteiger partial charge on any atom is -0.370 e. The summed E-state index contributed by atoms with van der Waals surface area (Å²) in [6.45, 7) is 2.25. The van der Waals surface area contributed by atoms with E-state index >= 15 is 0 Å². The number of anilines is 1. The van der Waals surface area contributed by atoms with Crippen LogP contribution in [0, 0.1) is 23.2 Å². The number of hydrogen-bond acceptors (Lipinski definition) is 2. The van der Waals surface area contributed by atoms with E-state index in [-0.39, 0.29) is 0 Å². The van der Waals surface area contributed by atoms with Crippen LogP contribution in [0.2, 0.25) is 0 Å². The van der Waals surface area contributed by atoms with Crippen molar-refractivity contribution in [3.05, 3.63) is 28.2 Å². The molecule has 0 aromatic heterocycles. The molecule has 0 spiro atoms. The quantitative estimate of drug-likeness (QED) is 0.823. The zero-order valence-corrected chi connectivity index (χ0v) is 12.0. The first-order valence-electron chi connectivity index (χ1n) is 6.71. The van der Waals surface area contributed by atoms with E-state index in [0.29, 0.717) is 0 Å². The number of nitrogens with zero attached hydrogens (tertiary/aromatic N) is 2. The van der Waals surface area contributed by atoms with E-state index in [1.54, 1.807) is 0 Å². The van der Waals surface area contributed by atoms with Crippen LogP contribution in [0.25, 0.3) is 0 Å². The summed E-state index contributed by atoms with van der Waals surface area (Å²) in [6.07, 6.45) is 5.43. The Morgan fingerprint density at radius 2 is 1.78 bits per heavy atom. The van der Waals surface area contributed by atoms with E-state index < -0.39 is 0 Å². The highest BCUT2D eigenvalue weighted by Crippen LogP contribution is 2.37. The van der Waals surface area contributed by atoms with Crippen molar-refractivity contribution in [2.75, 3.05) is 18.0 Å². The smallest absolute Gasteiger partial charge is 0.101 e. The molecule has 2 fully saturated rings. The van der Waals surface area contributed by atoms with Gasteiger partial charge in [-0.05, 0) is 55.7 Å². The molecule has 0 radical (unpaired) electrons. The fourth-order valence-corrected chi connectivity index (χ4v) is 2.71. The van der Waals surface area contributed by atoms with Gasteiger partial charge in [0.1, 0.15) is 6.07 Å². The molecular formula is C15H17BrN2. The maximum absolute atomic E-state index is 9.27. The molecule has 2 saturated carbocycles. The van der Waals surface area contributed by atoms with Gasteiger partial charge >= 0.3 is 0 Å². The predicted molar refractivity (Wildman–Crippen MR) is 76.5 cm³/mol. The maximum atomic E-state index is 9.27. The summed E-state index contributed by atoms with van der Waals surface area (Å²) in [4.78, 5) is 2.44. The second kappa shape index (κ2) is 4.93. The van der Waals surface area contributed by atoms with Crippen molar-refractivity contribution < 1.29 is 0 Å². The van der Waals surface area contributed by atoms with E-state index in [4.69, 9.17) is 0 Å². The highest BCUT2D eigenvalue weighted by molar-refractivity contribution is 9.10. The predicted octanol–water partition coefficient (Wildman–Crippen LogP) is 3.95. The summed E-state index contributed by atoms with van der Waals surface area (Å²) in [6, 6.07) is 8.30. The van der Waals surface area contributed by atoms with Gasteiger partial charge in [0, 0.05) is 17.6 Å². The first kappa shape index (κ1) is 12.0. The number of benzene rings is 1. The van der Waals surface area contributed by atoms with Crippen LogP contribution in [0.3, 0.4) is 0 Å².